The first-order chi connectivity index (χ1) is 19.9. The Labute approximate surface area is 246 Å². The number of aryl methyl sites for hydroxylation is 1. The average Bonchev–Trinajstić information content (AvgIpc) is 3.64. The lowest BCUT2D eigenvalue weighted by molar-refractivity contribution is -0.138. The van der Waals surface area contributed by atoms with Gasteiger partial charge in [0.25, 0.3) is 5.91 Å². The van der Waals surface area contributed by atoms with Crippen LogP contribution in [0.5, 0.6) is 0 Å². The molecule has 0 spiro atoms. The van der Waals surface area contributed by atoms with Gasteiger partial charge in [0, 0.05) is 55.7 Å². The molecule has 13 heteroatoms. The van der Waals surface area contributed by atoms with E-state index in [2.05, 4.69) is 27.4 Å². The van der Waals surface area contributed by atoms with Crippen LogP contribution in [-0.4, -0.2) is 70.5 Å². The molecule has 0 unspecified atom stereocenters. The van der Waals surface area contributed by atoms with Gasteiger partial charge in [-0.15, -0.1) is 0 Å². The number of thiazole rings is 1. The number of aromatic carboxylic acids is 1. The Balaban J connectivity index is 0.000000279. The highest BCUT2D eigenvalue weighted by molar-refractivity contribution is 7.17. The van der Waals surface area contributed by atoms with Crippen LogP contribution in [-0.2, 0) is 12.7 Å². The molecule has 1 saturated carbocycles. The third-order valence-electron chi connectivity index (χ3n) is 7.14. The molecule has 5 N–H and O–H groups in total. The molecule has 2 fully saturated rings. The lowest BCUT2D eigenvalue weighted by Gasteiger charge is -2.34. The highest BCUT2D eigenvalue weighted by atomic mass is 32.1. The Kier molecular flexibility index (Phi) is 10.1. The summed E-state index contributed by atoms with van der Waals surface area (Å²) in [5.41, 5.74) is 7.00. The molecule has 0 atom stereocenters. The number of nitrogens with two attached hydrogens (primary N) is 1. The lowest BCUT2D eigenvalue weighted by Crippen LogP contribution is -2.45. The van der Waals surface area contributed by atoms with E-state index in [-0.39, 0.29) is 22.7 Å². The number of nitrogen functional groups attached to an aromatic ring is 1. The Morgan fingerprint density at radius 3 is 2.36 bits per heavy atom. The molecule has 5 rings (SSSR count). The number of carboxylic acids is 1. The molecule has 2 aromatic carbocycles. The van der Waals surface area contributed by atoms with Gasteiger partial charge in [0.15, 0.2) is 5.13 Å². The Morgan fingerprint density at radius 1 is 1.10 bits per heavy atom. The number of benzene rings is 2. The quantitative estimate of drug-likeness (QED) is 0.252. The number of likely N-dealkylation sites (N-methyl/N-ethyl adjacent to an activating group) is 1. The van der Waals surface area contributed by atoms with Crippen molar-refractivity contribution < 1.29 is 27.9 Å². The zero-order chi connectivity index (χ0) is 30.4. The molecule has 3 aromatic rings. The van der Waals surface area contributed by atoms with Crippen LogP contribution in [0.15, 0.2) is 42.6 Å². The molecule has 1 aliphatic heterocycles. The number of carbonyl (C=O) groups excluding carboxylic acids is 1. The summed E-state index contributed by atoms with van der Waals surface area (Å²) in [6, 6.07) is 9.31. The maximum atomic E-state index is 13.7. The van der Waals surface area contributed by atoms with E-state index in [0.717, 1.165) is 49.5 Å². The van der Waals surface area contributed by atoms with E-state index in [1.807, 2.05) is 11.8 Å². The summed E-state index contributed by atoms with van der Waals surface area (Å²) >= 11 is 1.19. The topological polar surface area (TPSA) is 124 Å². The molecule has 2 aliphatic rings. The van der Waals surface area contributed by atoms with E-state index < -0.39 is 23.6 Å². The molecule has 42 heavy (non-hydrogen) atoms. The van der Waals surface area contributed by atoms with Gasteiger partial charge in [-0.1, -0.05) is 30.4 Å². The molecule has 1 amide bonds. The summed E-state index contributed by atoms with van der Waals surface area (Å²) < 4.78 is 41.1. The van der Waals surface area contributed by atoms with E-state index in [4.69, 9.17) is 10.8 Å². The third-order valence-corrected chi connectivity index (χ3v) is 8.06. The summed E-state index contributed by atoms with van der Waals surface area (Å²) in [5.74, 6) is -1.41. The normalized spacial score (nSPS) is 15.9. The summed E-state index contributed by atoms with van der Waals surface area (Å²) in [7, 11) is 0. The number of nitrogens with zero attached hydrogens (tertiary/aromatic N) is 3. The monoisotopic (exact) mass is 604 g/mol. The number of anilines is 3. The highest BCUT2D eigenvalue weighted by Gasteiger charge is 2.34. The van der Waals surface area contributed by atoms with Gasteiger partial charge in [-0.3, -0.25) is 9.69 Å². The Hall–Kier alpha value is -3.68. The molecule has 1 aromatic heterocycles. The van der Waals surface area contributed by atoms with Crippen molar-refractivity contribution in [3.8, 4) is 0 Å². The van der Waals surface area contributed by atoms with Gasteiger partial charge in [-0.05, 0) is 61.7 Å². The fourth-order valence-electron chi connectivity index (χ4n) is 4.39. The number of nitrogens with one attached hydrogen (secondary N) is 2. The molecule has 0 bridgehead atoms. The van der Waals surface area contributed by atoms with Gasteiger partial charge in [-0.2, -0.15) is 13.2 Å². The molecule has 1 aliphatic carbocycles. The highest BCUT2D eigenvalue weighted by Crippen LogP contribution is 2.35. The van der Waals surface area contributed by atoms with E-state index in [9.17, 15) is 22.8 Å². The standard InChI is InChI=1S/C22H27F3N4O.C7H8N2O2S/c1-3-28-8-10-29(11-9-28)14-17-6-7-18(13-19(17)22(23,24)25)27-21(30)16-5-4-15(2)20(26)12-16;10-6(11)5-3-8-7(12-5)9-4-1-2-4/h4-7,12-13H,3,8-11,14,26H2,1-2H3,(H,27,30);3-4H,1-2H2,(H,8,9)(H,10,11). The molecular formula is C29H35F3N6O3S. The van der Waals surface area contributed by atoms with Crippen LogP contribution in [0, 0.1) is 6.92 Å². The number of hydrogen-bond acceptors (Lipinski definition) is 8. The van der Waals surface area contributed by atoms with E-state index in [1.54, 1.807) is 12.1 Å². The van der Waals surface area contributed by atoms with E-state index in [1.165, 1.54) is 48.6 Å². The number of halogens is 3. The van der Waals surface area contributed by atoms with Crippen LogP contribution < -0.4 is 16.4 Å². The molecule has 226 valence electrons. The van der Waals surface area contributed by atoms with Crippen molar-refractivity contribution in [3.05, 3.63) is 69.7 Å². The molecular weight excluding hydrogens is 569 g/mol. The summed E-state index contributed by atoms with van der Waals surface area (Å²) in [6.45, 7) is 8.24. The van der Waals surface area contributed by atoms with Crippen molar-refractivity contribution in [2.24, 2.45) is 0 Å². The summed E-state index contributed by atoms with van der Waals surface area (Å²) in [6.07, 6.45) is -0.780. The van der Waals surface area contributed by atoms with Crippen molar-refractivity contribution >= 4 is 39.7 Å². The van der Waals surface area contributed by atoms with Crippen LogP contribution in [0.1, 0.15) is 56.5 Å². The number of alkyl halides is 3. The van der Waals surface area contributed by atoms with Crippen LogP contribution in [0.25, 0.3) is 0 Å². The minimum atomic E-state index is -4.50. The second-order valence-electron chi connectivity index (χ2n) is 10.4. The fraction of sp³-hybridized carbons (Fsp3) is 0.414. The third kappa shape index (κ3) is 8.66. The minimum Gasteiger partial charge on any atom is -0.477 e. The van der Waals surface area contributed by atoms with Gasteiger partial charge in [0.1, 0.15) is 4.88 Å². The Bertz CT molecular complexity index is 1400. The van der Waals surface area contributed by atoms with Gasteiger partial charge in [0.05, 0.1) is 11.8 Å². The van der Waals surface area contributed by atoms with Crippen molar-refractivity contribution in [3.63, 3.8) is 0 Å². The predicted molar refractivity (Wildman–Crippen MR) is 158 cm³/mol. The Morgan fingerprint density at radius 2 is 1.79 bits per heavy atom. The maximum Gasteiger partial charge on any atom is 0.416 e. The molecule has 2 heterocycles. The van der Waals surface area contributed by atoms with Crippen LogP contribution in [0.4, 0.5) is 29.7 Å². The largest absolute Gasteiger partial charge is 0.477 e. The predicted octanol–water partition coefficient (Wildman–Crippen LogP) is 5.40. The maximum absolute atomic E-state index is 13.7. The average molecular weight is 605 g/mol. The van der Waals surface area contributed by atoms with Crippen LogP contribution in [0.3, 0.4) is 0 Å². The van der Waals surface area contributed by atoms with Crippen LogP contribution >= 0.6 is 11.3 Å². The number of hydrogen-bond donors (Lipinski definition) is 4. The van der Waals surface area contributed by atoms with E-state index >= 15 is 0 Å². The van der Waals surface area contributed by atoms with Crippen molar-refractivity contribution in [2.75, 3.05) is 49.1 Å². The van der Waals surface area contributed by atoms with Crippen molar-refractivity contribution in [2.45, 2.75) is 45.5 Å². The fourth-order valence-corrected chi connectivity index (χ4v) is 5.12. The van der Waals surface area contributed by atoms with Crippen molar-refractivity contribution in [1.29, 1.82) is 0 Å². The number of carboxylic acid groups (broad SMARTS) is 1. The number of aromatic nitrogens is 1. The second-order valence-corrected chi connectivity index (χ2v) is 11.4. The zero-order valence-electron chi connectivity index (χ0n) is 23.5. The molecule has 1 saturated heterocycles. The number of piperazine rings is 1. The first kappa shape index (κ1) is 31.3. The summed E-state index contributed by atoms with van der Waals surface area (Å²) in [4.78, 5) is 31.4. The van der Waals surface area contributed by atoms with Gasteiger partial charge >= 0.3 is 12.1 Å². The number of rotatable bonds is 8. The second kappa shape index (κ2) is 13.5. The smallest absolute Gasteiger partial charge is 0.416 e. The van der Waals surface area contributed by atoms with Crippen molar-refractivity contribution in [1.82, 2.24) is 14.8 Å². The first-order valence-electron chi connectivity index (χ1n) is 13.7. The zero-order valence-corrected chi connectivity index (χ0v) is 24.3. The van der Waals surface area contributed by atoms with Gasteiger partial charge in [0.2, 0.25) is 0 Å². The van der Waals surface area contributed by atoms with Gasteiger partial charge < -0.3 is 26.4 Å². The lowest BCUT2D eigenvalue weighted by atomic mass is 10.0. The SMILES string of the molecule is CCN1CCN(Cc2ccc(NC(=O)c3ccc(C)c(N)c3)cc2C(F)(F)F)CC1.O=C(O)c1cnc(NC2CC2)s1. The van der Waals surface area contributed by atoms with Gasteiger partial charge in [-0.25, -0.2) is 9.78 Å². The first-order valence-corrected chi connectivity index (χ1v) is 14.5. The minimum absolute atomic E-state index is 0.103. The number of carbonyl (C=O) groups is 2. The van der Waals surface area contributed by atoms with Crippen LogP contribution in [0.2, 0.25) is 0 Å². The summed E-state index contributed by atoms with van der Waals surface area (Å²) in [5, 5.41) is 15.0. The molecule has 9 nitrogen and oxygen atoms in total. The molecule has 0 radical (unpaired) electrons. The number of amides is 1. The van der Waals surface area contributed by atoms with E-state index in [0.29, 0.717) is 17.3 Å².